The first-order valence-corrected chi connectivity index (χ1v) is 7.10. The largest absolute Gasteiger partial charge is 0.309 e. The molecule has 0 aliphatic carbocycles. The number of pyridine rings is 1. The van der Waals surface area contributed by atoms with Crippen LogP contribution in [0.25, 0.3) is 0 Å². The number of para-hydroxylation sites is 1. The number of amides is 1. The molecule has 4 heteroatoms. The Labute approximate surface area is 126 Å². The second-order valence-corrected chi connectivity index (χ2v) is 5.19. The Balaban J connectivity index is 2.17. The lowest BCUT2D eigenvalue weighted by atomic mass is 10.2. The molecule has 110 valence electrons. The van der Waals surface area contributed by atoms with Gasteiger partial charge in [-0.3, -0.25) is 9.78 Å². The number of rotatable bonds is 6. The van der Waals surface area contributed by atoms with Crippen molar-refractivity contribution in [1.82, 2.24) is 9.88 Å². The zero-order valence-corrected chi connectivity index (χ0v) is 12.6. The number of carbonyl (C=O) groups is 1. The second-order valence-electron chi connectivity index (χ2n) is 5.19. The van der Waals surface area contributed by atoms with Gasteiger partial charge in [0.15, 0.2) is 0 Å². The van der Waals surface area contributed by atoms with E-state index in [-0.39, 0.29) is 5.91 Å². The minimum atomic E-state index is 0.0161. The Morgan fingerprint density at radius 2 is 1.67 bits per heavy atom. The van der Waals surface area contributed by atoms with Gasteiger partial charge in [-0.05, 0) is 51.3 Å². The molecular formula is C17H21N3O. The van der Waals surface area contributed by atoms with Crippen molar-refractivity contribution in [3.63, 3.8) is 0 Å². The van der Waals surface area contributed by atoms with E-state index in [4.69, 9.17) is 0 Å². The van der Waals surface area contributed by atoms with Gasteiger partial charge in [-0.1, -0.05) is 18.2 Å². The highest BCUT2D eigenvalue weighted by Gasteiger charge is 2.17. The van der Waals surface area contributed by atoms with Gasteiger partial charge in [0.25, 0.3) is 5.91 Å². The van der Waals surface area contributed by atoms with E-state index in [1.54, 1.807) is 24.5 Å². The van der Waals surface area contributed by atoms with Gasteiger partial charge in [0.2, 0.25) is 0 Å². The highest BCUT2D eigenvalue weighted by atomic mass is 16.2. The van der Waals surface area contributed by atoms with Gasteiger partial charge in [0, 0.05) is 30.2 Å². The zero-order chi connectivity index (χ0) is 15.1. The van der Waals surface area contributed by atoms with Gasteiger partial charge in [0.1, 0.15) is 0 Å². The van der Waals surface area contributed by atoms with Gasteiger partial charge >= 0.3 is 0 Å². The van der Waals surface area contributed by atoms with Crippen molar-refractivity contribution in [2.24, 2.45) is 0 Å². The van der Waals surface area contributed by atoms with Crippen molar-refractivity contribution in [2.45, 2.75) is 6.42 Å². The quantitative estimate of drug-likeness (QED) is 0.818. The third-order valence-corrected chi connectivity index (χ3v) is 3.23. The molecule has 1 aromatic heterocycles. The Morgan fingerprint density at radius 3 is 2.29 bits per heavy atom. The minimum Gasteiger partial charge on any atom is -0.309 e. The molecule has 0 aliphatic heterocycles. The summed E-state index contributed by atoms with van der Waals surface area (Å²) in [5.74, 6) is 0.0161. The van der Waals surface area contributed by atoms with Crippen LogP contribution < -0.4 is 4.90 Å². The molecule has 21 heavy (non-hydrogen) atoms. The number of carbonyl (C=O) groups excluding carboxylic acids is 1. The van der Waals surface area contributed by atoms with Crippen molar-refractivity contribution in [3.8, 4) is 0 Å². The molecule has 0 spiro atoms. The number of aromatic nitrogens is 1. The van der Waals surface area contributed by atoms with Crippen molar-refractivity contribution in [1.29, 1.82) is 0 Å². The monoisotopic (exact) mass is 283 g/mol. The maximum absolute atomic E-state index is 12.7. The summed E-state index contributed by atoms with van der Waals surface area (Å²) >= 11 is 0. The van der Waals surface area contributed by atoms with E-state index in [1.807, 2.05) is 49.3 Å². The molecule has 2 rings (SSSR count). The first-order chi connectivity index (χ1) is 10.2. The first-order valence-electron chi connectivity index (χ1n) is 7.10. The van der Waals surface area contributed by atoms with E-state index in [2.05, 4.69) is 9.88 Å². The van der Waals surface area contributed by atoms with Crippen molar-refractivity contribution in [2.75, 3.05) is 32.1 Å². The average Bonchev–Trinajstić information content (AvgIpc) is 2.52. The van der Waals surface area contributed by atoms with Crippen molar-refractivity contribution < 1.29 is 4.79 Å². The molecule has 0 unspecified atom stereocenters. The highest BCUT2D eigenvalue weighted by Crippen LogP contribution is 2.17. The summed E-state index contributed by atoms with van der Waals surface area (Å²) in [7, 11) is 4.08. The van der Waals surface area contributed by atoms with E-state index >= 15 is 0 Å². The standard InChI is InChI=1S/C17H21N3O/c1-19(2)13-6-14-20(16-7-4-3-5-8-16)17(21)15-9-11-18-12-10-15/h3-5,7-12H,6,13-14H2,1-2H3. The third-order valence-electron chi connectivity index (χ3n) is 3.23. The van der Waals surface area contributed by atoms with E-state index in [0.29, 0.717) is 12.1 Å². The molecule has 4 nitrogen and oxygen atoms in total. The lowest BCUT2D eigenvalue weighted by molar-refractivity contribution is 0.0986. The number of benzene rings is 1. The molecular weight excluding hydrogens is 262 g/mol. The van der Waals surface area contributed by atoms with Gasteiger partial charge in [0.05, 0.1) is 0 Å². The molecule has 0 aliphatic rings. The van der Waals surface area contributed by atoms with E-state index in [1.165, 1.54) is 0 Å². The molecule has 0 saturated heterocycles. The number of hydrogen-bond donors (Lipinski definition) is 0. The van der Waals surface area contributed by atoms with Crippen LogP contribution in [-0.2, 0) is 0 Å². The van der Waals surface area contributed by atoms with Crippen molar-refractivity contribution >= 4 is 11.6 Å². The van der Waals surface area contributed by atoms with Crippen LogP contribution in [0.1, 0.15) is 16.8 Å². The summed E-state index contributed by atoms with van der Waals surface area (Å²) in [6.45, 7) is 1.65. The summed E-state index contributed by atoms with van der Waals surface area (Å²) < 4.78 is 0. The molecule has 0 atom stereocenters. The Bertz CT molecular complexity index is 555. The molecule has 0 bridgehead atoms. The predicted molar refractivity (Wildman–Crippen MR) is 85.5 cm³/mol. The Hall–Kier alpha value is -2.20. The highest BCUT2D eigenvalue weighted by molar-refractivity contribution is 6.05. The lowest BCUT2D eigenvalue weighted by Crippen LogP contribution is -2.33. The smallest absolute Gasteiger partial charge is 0.258 e. The maximum atomic E-state index is 12.7. The minimum absolute atomic E-state index is 0.0161. The Morgan fingerprint density at radius 1 is 1.00 bits per heavy atom. The number of nitrogens with zero attached hydrogens (tertiary/aromatic N) is 3. The Kier molecular flexibility index (Phi) is 5.46. The topological polar surface area (TPSA) is 36.4 Å². The van der Waals surface area contributed by atoms with Crippen LogP contribution in [0.15, 0.2) is 54.9 Å². The SMILES string of the molecule is CN(C)CCCN(C(=O)c1ccncc1)c1ccccc1. The first kappa shape index (κ1) is 15.2. The molecule has 0 fully saturated rings. The molecule has 1 heterocycles. The lowest BCUT2D eigenvalue weighted by Gasteiger charge is -2.23. The fourth-order valence-electron chi connectivity index (χ4n) is 2.15. The predicted octanol–water partition coefficient (Wildman–Crippen LogP) is 2.68. The van der Waals surface area contributed by atoms with E-state index < -0.39 is 0 Å². The number of hydrogen-bond acceptors (Lipinski definition) is 3. The molecule has 1 amide bonds. The zero-order valence-electron chi connectivity index (χ0n) is 12.6. The molecule has 0 radical (unpaired) electrons. The summed E-state index contributed by atoms with van der Waals surface area (Å²) in [6.07, 6.45) is 4.23. The summed E-state index contributed by atoms with van der Waals surface area (Å²) in [5.41, 5.74) is 1.59. The average molecular weight is 283 g/mol. The van der Waals surface area contributed by atoms with Gasteiger partial charge in [-0.15, -0.1) is 0 Å². The fraction of sp³-hybridized carbons (Fsp3) is 0.294. The second kappa shape index (κ2) is 7.55. The van der Waals surface area contributed by atoms with Gasteiger partial charge < -0.3 is 9.80 Å². The van der Waals surface area contributed by atoms with Crippen LogP contribution in [0.4, 0.5) is 5.69 Å². The summed E-state index contributed by atoms with van der Waals surface area (Å²) in [5, 5.41) is 0. The van der Waals surface area contributed by atoms with Crippen LogP contribution >= 0.6 is 0 Å². The molecule has 2 aromatic rings. The maximum Gasteiger partial charge on any atom is 0.258 e. The molecule has 1 aromatic carbocycles. The molecule has 0 N–H and O–H groups in total. The van der Waals surface area contributed by atoms with Crippen LogP contribution in [0.5, 0.6) is 0 Å². The van der Waals surface area contributed by atoms with E-state index in [0.717, 1.165) is 18.7 Å². The summed E-state index contributed by atoms with van der Waals surface area (Å²) in [6, 6.07) is 13.3. The third kappa shape index (κ3) is 4.39. The van der Waals surface area contributed by atoms with Crippen LogP contribution in [-0.4, -0.2) is 43.0 Å². The van der Waals surface area contributed by atoms with Crippen LogP contribution in [0, 0.1) is 0 Å². The molecule has 0 saturated carbocycles. The van der Waals surface area contributed by atoms with Gasteiger partial charge in [-0.25, -0.2) is 0 Å². The van der Waals surface area contributed by atoms with Crippen LogP contribution in [0.2, 0.25) is 0 Å². The van der Waals surface area contributed by atoms with E-state index in [9.17, 15) is 4.79 Å². The fourth-order valence-corrected chi connectivity index (χ4v) is 2.15. The normalized spacial score (nSPS) is 10.6. The number of anilines is 1. The summed E-state index contributed by atoms with van der Waals surface area (Å²) in [4.78, 5) is 20.6. The van der Waals surface area contributed by atoms with Crippen LogP contribution in [0.3, 0.4) is 0 Å². The van der Waals surface area contributed by atoms with Crippen molar-refractivity contribution in [3.05, 3.63) is 60.4 Å². The van der Waals surface area contributed by atoms with Gasteiger partial charge in [-0.2, -0.15) is 0 Å².